The normalized spacial score (nSPS) is 14.4. The van der Waals surface area contributed by atoms with Crippen LogP contribution in [0.4, 0.5) is 22.9 Å². The summed E-state index contributed by atoms with van der Waals surface area (Å²) < 4.78 is 0. The molecule has 0 spiro atoms. The van der Waals surface area contributed by atoms with Gasteiger partial charge in [-0.1, -0.05) is 54.3 Å². The van der Waals surface area contributed by atoms with Crippen LogP contribution in [0.25, 0.3) is 10.9 Å². The van der Waals surface area contributed by atoms with E-state index in [2.05, 4.69) is 73.6 Å². The second-order valence-electron chi connectivity index (χ2n) is 13.6. The van der Waals surface area contributed by atoms with Gasteiger partial charge in [0.2, 0.25) is 5.91 Å². The molecule has 3 heterocycles. The molecule has 0 aliphatic carbocycles. The lowest BCUT2D eigenvalue weighted by atomic mass is 10.1. The quantitative estimate of drug-likeness (QED) is 0.168. The molecular formula is C44H39N7O2. The van der Waals surface area contributed by atoms with Crippen LogP contribution in [0.2, 0.25) is 0 Å². The van der Waals surface area contributed by atoms with Crippen LogP contribution in [0, 0.1) is 11.8 Å². The fraction of sp³-hybridized carbons (Fsp3) is 0.182. The molecule has 0 radical (unpaired) electrons. The van der Waals surface area contributed by atoms with E-state index in [0.29, 0.717) is 23.6 Å². The summed E-state index contributed by atoms with van der Waals surface area (Å²) in [4.78, 5) is 42.2. The van der Waals surface area contributed by atoms with E-state index in [1.807, 2.05) is 91.0 Å². The zero-order chi connectivity index (χ0) is 36.1. The summed E-state index contributed by atoms with van der Waals surface area (Å²) >= 11 is 0. The molecule has 0 unspecified atom stereocenters. The molecule has 53 heavy (non-hydrogen) atoms. The van der Waals surface area contributed by atoms with Crippen LogP contribution >= 0.6 is 0 Å². The van der Waals surface area contributed by atoms with Crippen molar-refractivity contribution in [3.05, 3.63) is 155 Å². The predicted molar refractivity (Wildman–Crippen MR) is 210 cm³/mol. The van der Waals surface area contributed by atoms with Gasteiger partial charge in [0.25, 0.3) is 5.91 Å². The third kappa shape index (κ3) is 7.80. The first-order valence-electron chi connectivity index (χ1n) is 17.9. The van der Waals surface area contributed by atoms with Crippen LogP contribution < -0.4 is 15.5 Å². The fourth-order valence-electron chi connectivity index (χ4n) is 6.87. The Morgan fingerprint density at radius 2 is 1.49 bits per heavy atom. The fourth-order valence-corrected chi connectivity index (χ4v) is 6.87. The molecule has 0 atom stereocenters. The van der Waals surface area contributed by atoms with Gasteiger partial charge in [-0.3, -0.25) is 14.5 Å². The molecule has 1 saturated heterocycles. The highest BCUT2D eigenvalue weighted by Gasteiger charge is 2.30. The van der Waals surface area contributed by atoms with Crippen molar-refractivity contribution in [2.24, 2.45) is 0 Å². The SMILES string of the molecule is CN1CCN(Cc2ccc(C#Cc3ccc4c(c3)CN(c3ccccc3CC(=O)Nc3ccc(Nc5ncnc6ccccc56)cc3)C4=O)cc2)CC1. The number of anilines is 4. The van der Waals surface area contributed by atoms with Crippen LogP contribution in [0.5, 0.6) is 0 Å². The van der Waals surface area contributed by atoms with E-state index >= 15 is 0 Å². The van der Waals surface area contributed by atoms with Gasteiger partial charge in [0.05, 0.1) is 18.5 Å². The van der Waals surface area contributed by atoms with Crippen LogP contribution in [-0.2, 0) is 24.3 Å². The number of aromatic nitrogens is 2. The number of piperazine rings is 1. The van der Waals surface area contributed by atoms with E-state index in [9.17, 15) is 9.59 Å². The number of carbonyl (C=O) groups excluding carboxylic acids is 2. The van der Waals surface area contributed by atoms with Crippen molar-refractivity contribution in [3.8, 4) is 11.8 Å². The average Bonchev–Trinajstić information content (AvgIpc) is 3.51. The topological polar surface area (TPSA) is 93.7 Å². The minimum atomic E-state index is -0.172. The van der Waals surface area contributed by atoms with Gasteiger partial charge in [-0.25, -0.2) is 9.97 Å². The lowest BCUT2D eigenvalue weighted by Gasteiger charge is -2.32. The van der Waals surface area contributed by atoms with Gasteiger partial charge in [0.15, 0.2) is 0 Å². The van der Waals surface area contributed by atoms with Gasteiger partial charge < -0.3 is 20.4 Å². The number of para-hydroxylation sites is 2. The van der Waals surface area contributed by atoms with Crippen molar-refractivity contribution >= 4 is 45.6 Å². The minimum absolute atomic E-state index is 0.0807. The number of nitrogens with one attached hydrogen (secondary N) is 2. The molecule has 1 aromatic heterocycles. The molecule has 5 aromatic carbocycles. The number of amides is 2. The smallest absolute Gasteiger partial charge is 0.258 e. The number of hydrogen-bond donors (Lipinski definition) is 2. The zero-order valence-electron chi connectivity index (χ0n) is 29.5. The van der Waals surface area contributed by atoms with Crippen LogP contribution in [0.1, 0.15) is 38.2 Å². The molecule has 2 aliphatic heterocycles. The Bertz CT molecular complexity index is 2350. The maximum atomic E-state index is 13.6. The molecule has 1 fully saturated rings. The largest absolute Gasteiger partial charge is 0.340 e. The third-order valence-corrected chi connectivity index (χ3v) is 9.82. The van der Waals surface area contributed by atoms with Crippen molar-refractivity contribution in [1.29, 1.82) is 0 Å². The van der Waals surface area contributed by atoms with Crippen LogP contribution in [-0.4, -0.2) is 64.8 Å². The number of likely N-dealkylation sites (N-methyl/N-ethyl adjacent to an activating group) is 1. The van der Waals surface area contributed by atoms with Crippen molar-refractivity contribution in [1.82, 2.24) is 19.8 Å². The zero-order valence-corrected chi connectivity index (χ0v) is 29.5. The molecule has 2 aliphatic rings. The number of rotatable bonds is 8. The molecule has 2 amide bonds. The van der Waals surface area contributed by atoms with Crippen LogP contribution in [0.15, 0.2) is 122 Å². The molecule has 262 valence electrons. The van der Waals surface area contributed by atoms with Gasteiger partial charge >= 0.3 is 0 Å². The molecule has 6 aromatic rings. The average molecular weight is 698 g/mol. The van der Waals surface area contributed by atoms with E-state index in [1.165, 1.54) is 11.9 Å². The number of fused-ring (bicyclic) bond motifs is 2. The number of hydrogen-bond acceptors (Lipinski definition) is 7. The van der Waals surface area contributed by atoms with E-state index in [-0.39, 0.29) is 18.2 Å². The highest BCUT2D eigenvalue weighted by Crippen LogP contribution is 2.32. The van der Waals surface area contributed by atoms with Crippen molar-refractivity contribution in [2.45, 2.75) is 19.5 Å². The lowest BCUT2D eigenvalue weighted by Crippen LogP contribution is -2.43. The summed E-state index contributed by atoms with van der Waals surface area (Å²) in [7, 11) is 2.17. The highest BCUT2D eigenvalue weighted by atomic mass is 16.2. The van der Waals surface area contributed by atoms with Crippen molar-refractivity contribution in [3.63, 3.8) is 0 Å². The number of nitrogens with zero attached hydrogens (tertiary/aromatic N) is 5. The van der Waals surface area contributed by atoms with E-state index in [1.54, 1.807) is 4.90 Å². The first-order chi connectivity index (χ1) is 25.9. The molecule has 0 bridgehead atoms. The molecule has 9 heteroatoms. The maximum absolute atomic E-state index is 13.6. The Balaban J connectivity index is 0.894. The first-order valence-corrected chi connectivity index (χ1v) is 17.9. The van der Waals surface area contributed by atoms with E-state index in [0.717, 1.165) is 77.3 Å². The minimum Gasteiger partial charge on any atom is -0.340 e. The summed E-state index contributed by atoms with van der Waals surface area (Å²) in [6.07, 6.45) is 1.66. The Labute approximate surface area is 309 Å². The third-order valence-electron chi connectivity index (χ3n) is 9.82. The summed E-state index contributed by atoms with van der Waals surface area (Å²) in [5, 5.41) is 7.26. The summed E-state index contributed by atoms with van der Waals surface area (Å²) in [6, 6.07) is 37.2. The predicted octanol–water partition coefficient (Wildman–Crippen LogP) is 6.86. The standard InChI is InChI=1S/C44H39N7O2/c1-49-22-24-50(25-23-49)28-33-14-11-31(12-15-33)10-13-32-16-21-38-35(26-32)29-51(44(38)53)41-9-5-2-6-34(41)27-42(52)47-36-17-19-37(20-18-36)48-43-39-7-3-4-8-40(39)45-30-46-43/h2-9,11-12,14-21,26,30H,22-25,27-29H2,1H3,(H,47,52)(H,45,46,48). The molecule has 0 saturated carbocycles. The monoisotopic (exact) mass is 697 g/mol. The molecule has 2 N–H and O–H groups in total. The van der Waals surface area contributed by atoms with E-state index in [4.69, 9.17) is 0 Å². The Kier molecular flexibility index (Phi) is 9.63. The molecular weight excluding hydrogens is 659 g/mol. The second kappa shape index (κ2) is 15.1. The van der Waals surface area contributed by atoms with Crippen molar-refractivity contribution in [2.75, 3.05) is 48.8 Å². The summed E-state index contributed by atoms with van der Waals surface area (Å²) in [5.41, 5.74) is 8.57. The Morgan fingerprint density at radius 3 is 2.32 bits per heavy atom. The first kappa shape index (κ1) is 33.8. The lowest BCUT2D eigenvalue weighted by molar-refractivity contribution is -0.115. The molecule has 8 rings (SSSR count). The summed E-state index contributed by atoms with van der Waals surface area (Å²) in [6.45, 7) is 5.78. The Morgan fingerprint density at radius 1 is 0.774 bits per heavy atom. The van der Waals surface area contributed by atoms with Crippen molar-refractivity contribution < 1.29 is 9.59 Å². The van der Waals surface area contributed by atoms with Gasteiger partial charge in [0.1, 0.15) is 12.1 Å². The summed E-state index contributed by atoms with van der Waals surface area (Å²) in [5.74, 6) is 7.04. The highest BCUT2D eigenvalue weighted by molar-refractivity contribution is 6.10. The number of benzene rings is 5. The van der Waals surface area contributed by atoms with Gasteiger partial charge in [0, 0.05) is 71.9 Å². The van der Waals surface area contributed by atoms with E-state index < -0.39 is 0 Å². The van der Waals surface area contributed by atoms with Gasteiger partial charge in [-0.05, 0) is 96.5 Å². The van der Waals surface area contributed by atoms with Gasteiger partial charge in [-0.2, -0.15) is 0 Å². The molecule has 9 nitrogen and oxygen atoms in total. The maximum Gasteiger partial charge on any atom is 0.258 e. The Hall–Kier alpha value is -6.34. The number of carbonyl (C=O) groups is 2. The second-order valence-corrected chi connectivity index (χ2v) is 13.6. The van der Waals surface area contributed by atoms with Crippen LogP contribution in [0.3, 0.4) is 0 Å². The van der Waals surface area contributed by atoms with Gasteiger partial charge in [-0.15, -0.1) is 0 Å².